The van der Waals surface area contributed by atoms with Crippen LogP contribution in [0.1, 0.15) is 21.7 Å². The number of nitrogens with one attached hydrogen (secondary N) is 1. The van der Waals surface area contributed by atoms with E-state index in [4.69, 9.17) is 0 Å². The number of carbonyl (C=O) groups excluding carboxylic acids is 1. The van der Waals surface area contributed by atoms with Crippen LogP contribution >= 0.6 is 11.3 Å². The van der Waals surface area contributed by atoms with Crippen molar-refractivity contribution in [2.45, 2.75) is 12.8 Å². The van der Waals surface area contributed by atoms with E-state index in [0.717, 1.165) is 24.4 Å². The van der Waals surface area contributed by atoms with Crippen LogP contribution in [-0.4, -0.2) is 18.9 Å². The molecule has 2 nitrogen and oxygen atoms in total. The summed E-state index contributed by atoms with van der Waals surface area (Å²) in [6.07, 6.45) is 1.59. The highest BCUT2D eigenvalue weighted by atomic mass is 32.1. The Morgan fingerprint density at radius 2 is 1.89 bits per heavy atom. The topological polar surface area (TPSA) is 29.1 Å². The van der Waals surface area contributed by atoms with Crippen LogP contribution in [0.25, 0.3) is 0 Å². The van der Waals surface area contributed by atoms with E-state index in [2.05, 4.69) is 29.6 Å². The number of Topliss-reactive ketones (excluding diaryl/α,β-unsaturated/α-hetero) is 1. The minimum atomic E-state index is 0.234. The van der Waals surface area contributed by atoms with Crippen LogP contribution in [0.2, 0.25) is 0 Å². The van der Waals surface area contributed by atoms with Crippen molar-refractivity contribution in [1.82, 2.24) is 5.32 Å². The van der Waals surface area contributed by atoms with Gasteiger partial charge in [0.2, 0.25) is 0 Å². The van der Waals surface area contributed by atoms with E-state index in [1.807, 2.05) is 23.6 Å². The van der Waals surface area contributed by atoms with Gasteiger partial charge in [0.25, 0.3) is 0 Å². The van der Waals surface area contributed by atoms with E-state index in [0.29, 0.717) is 6.42 Å². The number of ketones is 1. The fraction of sp³-hybridized carbons (Fsp3) is 0.267. The highest BCUT2D eigenvalue weighted by Crippen LogP contribution is 2.10. The van der Waals surface area contributed by atoms with Crippen LogP contribution in [0, 0.1) is 0 Å². The molecule has 0 saturated carbocycles. The maximum absolute atomic E-state index is 11.7. The van der Waals surface area contributed by atoms with Gasteiger partial charge in [-0.15, -0.1) is 11.3 Å². The lowest BCUT2D eigenvalue weighted by molar-refractivity contribution is 0.0986. The average Bonchev–Trinajstić information content (AvgIpc) is 2.93. The van der Waals surface area contributed by atoms with Crippen molar-refractivity contribution in [3.63, 3.8) is 0 Å². The maximum Gasteiger partial charge on any atom is 0.174 e. The first-order chi connectivity index (χ1) is 8.86. The van der Waals surface area contributed by atoms with Crippen LogP contribution in [-0.2, 0) is 6.42 Å². The second-order valence-electron chi connectivity index (χ2n) is 4.14. The summed E-state index contributed by atoms with van der Waals surface area (Å²) in [5.41, 5.74) is 1.33. The molecule has 1 aromatic carbocycles. The summed E-state index contributed by atoms with van der Waals surface area (Å²) >= 11 is 1.51. The van der Waals surface area contributed by atoms with Gasteiger partial charge in [0, 0.05) is 13.0 Å². The minimum Gasteiger partial charge on any atom is -0.316 e. The van der Waals surface area contributed by atoms with Crippen molar-refractivity contribution in [2.24, 2.45) is 0 Å². The van der Waals surface area contributed by atoms with Crippen LogP contribution in [0.15, 0.2) is 47.8 Å². The van der Waals surface area contributed by atoms with E-state index in [9.17, 15) is 4.79 Å². The fourth-order valence-corrected chi connectivity index (χ4v) is 2.46. The zero-order chi connectivity index (χ0) is 12.6. The molecular formula is C15H17NOS. The molecule has 2 aromatic rings. The number of hydrogen-bond donors (Lipinski definition) is 1. The predicted octanol–water partition coefficient (Wildman–Crippen LogP) is 3.15. The van der Waals surface area contributed by atoms with Crippen LogP contribution in [0.4, 0.5) is 0 Å². The Hall–Kier alpha value is -1.45. The lowest BCUT2D eigenvalue weighted by Crippen LogP contribution is -2.20. The molecule has 18 heavy (non-hydrogen) atoms. The Labute approximate surface area is 112 Å². The molecule has 1 heterocycles. The van der Waals surface area contributed by atoms with Gasteiger partial charge in [-0.25, -0.2) is 0 Å². The van der Waals surface area contributed by atoms with Gasteiger partial charge in [0.05, 0.1) is 4.88 Å². The first kappa shape index (κ1) is 13.0. The van der Waals surface area contributed by atoms with Crippen molar-refractivity contribution in [1.29, 1.82) is 0 Å². The van der Waals surface area contributed by atoms with Crippen molar-refractivity contribution < 1.29 is 4.79 Å². The van der Waals surface area contributed by atoms with Crippen LogP contribution in [0.3, 0.4) is 0 Å². The third kappa shape index (κ3) is 4.09. The summed E-state index contributed by atoms with van der Waals surface area (Å²) in [4.78, 5) is 12.6. The van der Waals surface area contributed by atoms with Gasteiger partial charge in [-0.05, 0) is 30.0 Å². The monoisotopic (exact) mass is 259 g/mol. The SMILES string of the molecule is O=C(CCNCCc1ccccc1)c1cccs1. The highest BCUT2D eigenvalue weighted by Gasteiger charge is 2.05. The fourth-order valence-electron chi connectivity index (χ4n) is 1.76. The van der Waals surface area contributed by atoms with E-state index >= 15 is 0 Å². The molecule has 1 N–H and O–H groups in total. The maximum atomic E-state index is 11.7. The van der Waals surface area contributed by atoms with Crippen molar-refractivity contribution in [3.05, 3.63) is 58.3 Å². The number of rotatable bonds is 7. The van der Waals surface area contributed by atoms with Gasteiger partial charge >= 0.3 is 0 Å². The van der Waals surface area contributed by atoms with Gasteiger partial charge in [0.15, 0.2) is 5.78 Å². The van der Waals surface area contributed by atoms with Gasteiger partial charge in [-0.1, -0.05) is 36.4 Å². The summed E-state index contributed by atoms with van der Waals surface area (Å²) < 4.78 is 0. The van der Waals surface area contributed by atoms with Gasteiger partial charge in [0.1, 0.15) is 0 Å². The number of carbonyl (C=O) groups is 1. The molecule has 0 aliphatic carbocycles. The molecule has 0 spiro atoms. The summed E-state index contributed by atoms with van der Waals surface area (Å²) in [5, 5.41) is 5.25. The van der Waals surface area contributed by atoms with E-state index in [1.165, 1.54) is 16.9 Å². The molecule has 94 valence electrons. The Balaban J connectivity index is 1.61. The summed E-state index contributed by atoms with van der Waals surface area (Å²) in [7, 11) is 0. The predicted molar refractivity (Wildman–Crippen MR) is 76.3 cm³/mol. The summed E-state index contributed by atoms with van der Waals surface area (Å²) in [6.45, 7) is 1.67. The molecular weight excluding hydrogens is 242 g/mol. The van der Waals surface area contributed by atoms with Gasteiger partial charge in [-0.2, -0.15) is 0 Å². The van der Waals surface area contributed by atoms with Crippen molar-refractivity contribution in [2.75, 3.05) is 13.1 Å². The molecule has 0 radical (unpaired) electrons. The van der Waals surface area contributed by atoms with E-state index in [-0.39, 0.29) is 5.78 Å². The Bertz CT molecular complexity index is 465. The van der Waals surface area contributed by atoms with Gasteiger partial charge in [-0.3, -0.25) is 4.79 Å². The largest absolute Gasteiger partial charge is 0.316 e. The normalized spacial score (nSPS) is 10.4. The number of hydrogen-bond acceptors (Lipinski definition) is 3. The third-order valence-electron chi connectivity index (χ3n) is 2.76. The number of thiophene rings is 1. The lowest BCUT2D eigenvalue weighted by Gasteiger charge is -2.03. The van der Waals surface area contributed by atoms with Crippen LogP contribution in [0.5, 0.6) is 0 Å². The quantitative estimate of drug-likeness (QED) is 0.611. The zero-order valence-corrected chi connectivity index (χ0v) is 11.1. The molecule has 0 bridgehead atoms. The molecule has 2 rings (SSSR count). The number of benzene rings is 1. The smallest absolute Gasteiger partial charge is 0.174 e. The molecule has 0 saturated heterocycles. The summed E-state index contributed by atoms with van der Waals surface area (Å²) in [5.74, 6) is 0.234. The lowest BCUT2D eigenvalue weighted by atomic mass is 10.1. The summed E-state index contributed by atoms with van der Waals surface area (Å²) in [6, 6.07) is 14.2. The molecule has 1 aromatic heterocycles. The molecule has 3 heteroatoms. The Morgan fingerprint density at radius 3 is 2.61 bits per heavy atom. The van der Waals surface area contributed by atoms with E-state index < -0.39 is 0 Å². The molecule has 0 unspecified atom stereocenters. The van der Waals surface area contributed by atoms with Gasteiger partial charge < -0.3 is 5.32 Å². The Kier molecular flexibility index (Phi) is 5.12. The van der Waals surface area contributed by atoms with Crippen molar-refractivity contribution in [3.8, 4) is 0 Å². The average molecular weight is 259 g/mol. The van der Waals surface area contributed by atoms with Crippen LogP contribution < -0.4 is 5.32 Å². The second kappa shape index (κ2) is 7.09. The molecule has 0 aliphatic heterocycles. The first-order valence-electron chi connectivity index (χ1n) is 6.17. The standard InChI is InChI=1S/C15H17NOS/c17-14(15-7-4-12-18-15)9-11-16-10-8-13-5-2-1-3-6-13/h1-7,12,16H,8-11H2. The molecule has 0 aliphatic rings. The Morgan fingerprint density at radius 1 is 1.06 bits per heavy atom. The first-order valence-corrected chi connectivity index (χ1v) is 7.05. The minimum absolute atomic E-state index is 0.234. The molecule has 0 amide bonds. The van der Waals surface area contributed by atoms with E-state index in [1.54, 1.807) is 0 Å². The second-order valence-corrected chi connectivity index (χ2v) is 5.08. The van der Waals surface area contributed by atoms with Crippen molar-refractivity contribution >= 4 is 17.1 Å². The highest BCUT2D eigenvalue weighted by molar-refractivity contribution is 7.12. The molecule has 0 atom stereocenters. The zero-order valence-electron chi connectivity index (χ0n) is 10.3. The third-order valence-corrected chi connectivity index (χ3v) is 3.67. The molecule has 0 fully saturated rings.